The SMILES string of the molecule is O=C(CS(=O)c1cccs1)c1cc(Cl)ccc1Cl. The summed E-state index contributed by atoms with van der Waals surface area (Å²) in [5, 5.41) is 2.58. The summed E-state index contributed by atoms with van der Waals surface area (Å²) in [7, 11) is -1.33. The predicted molar refractivity (Wildman–Crippen MR) is 76.4 cm³/mol. The highest BCUT2D eigenvalue weighted by Crippen LogP contribution is 2.22. The van der Waals surface area contributed by atoms with Crippen LogP contribution < -0.4 is 0 Å². The van der Waals surface area contributed by atoms with E-state index >= 15 is 0 Å². The molecule has 0 saturated heterocycles. The average Bonchev–Trinajstić information content (AvgIpc) is 2.85. The van der Waals surface area contributed by atoms with E-state index in [-0.39, 0.29) is 11.5 Å². The van der Waals surface area contributed by atoms with Gasteiger partial charge < -0.3 is 0 Å². The molecule has 2 nitrogen and oxygen atoms in total. The van der Waals surface area contributed by atoms with Gasteiger partial charge in [0.25, 0.3) is 0 Å². The fourth-order valence-electron chi connectivity index (χ4n) is 1.37. The summed E-state index contributed by atoms with van der Waals surface area (Å²) >= 11 is 13.1. The molecule has 1 aromatic heterocycles. The Bertz CT molecular complexity index is 594. The van der Waals surface area contributed by atoms with Crippen molar-refractivity contribution in [3.05, 3.63) is 51.3 Å². The highest BCUT2D eigenvalue weighted by molar-refractivity contribution is 7.88. The minimum Gasteiger partial charge on any atom is -0.293 e. The van der Waals surface area contributed by atoms with Gasteiger partial charge in [-0.3, -0.25) is 9.00 Å². The van der Waals surface area contributed by atoms with E-state index in [0.717, 1.165) is 0 Å². The van der Waals surface area contributed by atoms with E-state index in [1.807, 2.05) is 5.38 Å². The van der Waals surface area contributed by atoms with Crippen molar-refractivity contribution >= 4 is 51.1 Å². The summed E-state index contributed by atoms with van der Waals surface area (Å²) in [5.74, 6) is -0.352. The summed E-state index contributed by atoms with van der Waals surface area (Å²) in [6.45, 7) is 0. The van der Waals surface area contributed by atoms with Crippen LogP contribution in [0.3, 0.4) is 0 Å². The average molecular weight is 319 g/mol. The molecule has 0 amide bonds. The Morgan fingerprint density at radius 3 is 2.72 bits per heavy atom. The van der Waals surface area contributed by atoms with Gasteiger partial charge in [-0.25, -0.2) is 0 Å². The molecular formula is C12H8Cl2O2S2. The summed E-state index contributed by atoms with van der Waals surface area (Å²) in [6.07, 6.45) is 0. The highest BCUT2D eigenvalue weighted by Gasteiger charge is 2.16. The number of hydrogen-bond donors (Lipinski definition) is 0. The molecule has 0 bridgehead atoms. The third-order valence-electron chi connectivity index (χ3n) is 2.21. The standard InChI is InChI=1S/C12H8Cl2O2S2/c13-8-3-4-10(14)9(6-8)11(15)7-18(16)12-2-1-5-17-12/h1-6H,7H2. The Hall–Kier alpha value is -0.680. The summed E-state index contributed by atoms with van der Waals surface area (Å²) in [5.41, 5.74) is 0.314. The van der Waals surface area contributed by atoms with Gasteiger partial charge in [-0.05, 0) is 29.6 Å². The number of thiophene rings is 1. The Morgan fingerprint density at radius 2 is 2.06 bits per heavy atom. The smallest absolute Gasteiger partial charge is 0.177 e. The molecule has 0 aliphatic carbocycles. The van der Waals surface area contributed by atoms with Crippen molar-refractivity contribution in [1.82, 2.24) is 0 Å². The number of carbonyl (C=O) groups excluding carboxylic acids is 1. The van der Waals surface area contributed by atoms with E-state index in [9.17, 15) is 9.00 Å². The van der Waals surface area contributed by atoms with E-state index in [1.165, 1.54) is 17.4 Å². The van der Waals surface area contributed by atoms with Gasteiger partial charge in [0.2, 0.25) is 0 Å². The van der Waals surface area contributed by atoms with Gasteiger partial charge in [0.15, 0.2) is 5.78 Å². The van der Waals surface area contributed by atoms with Gasteiger partial charge in [0.1, 0.15) is 0 Å². The van der Waals surface area contributed by atoms with Crippen molar-refractivity contribution < 1.29 is 9.00 Å². The molecule has 6 heteroatoms. The molecule has 2 aromatic rings. The van der Waals surface area contributed by atoms with Crippen LogP contribution in [0.15, 0.2) is 39.9 Å². The van der Waals surface area contributed by atoms with Crippen molar-refractivity contribution in [2.45, 2.75) is 4.21 Å². The maximum Gasteiger partial charge on any atom is 0.177 e. The van der Waals surface area contributed by atoms with Crippen molar-refractivity contribution in [3.63, 3.8) is 0 Å². The molecule has 0 radical (unpaired) electrons. The molecule has 0 N–H and O–H groups in total. The van der Waals surface area contributed by atoms with Crippen LogP contribution in [-0.2, 0) is 10.8 Å². The number of carbonyl (C=O) groups is 1. The molecule has 1 atom stereocenters. The lowest BCUT2D eigenvalue weighted by molar-refractivity contribution is 0.102. The summed E-state index contributed by atoms with van der Waals surface area (Å²) in [6, 6.07) is 8.21. The third-order valence-corrected chi connectivity index (χ3v) is 5.39. The molecular weight excluding hydrogens is 311 g/mol. The number of halogens is 2. The zero-order valence-electron chi connectivity index (χ0n) is 9.06. The molecule has 0 aliphatic rings. The molecule has 2 rings (SSSR count). The Labute approximate surface area is 121 Å². The van der Waals surface area contributed by atoms with Gasteiger partial charge in [-0.1, -0.05) is 29.3 Å². The fourth-order valence-corrected chi connectivity index (χ4v) is 3.75. The fraction of sp³-hybridized carbons (Fsp3) is 0.0833. The zero-order chi connectivity index (χ0) is 13.1. The molecule has 0 fully saturated rings. The second kappa shape index (κ2) is 5.97. The lowest BCUT2D eigenvalue weighted by Gasteiger charge is -2.03. The number of benzene rings is 1. The van der Waals surface area contributed by atoms with Crippen molar-refractivity contribution in [2.75, 3.05) is 5.75 Å². The number of Topliss-reactive ketones (excluding diaryl/α,β-unsaturated/α-hetero) is 1. The first kappa shape index (κ1) is 13.7. The Kier molecular flexibility index (Phi) is 4.56. The van der Waals surface area contributed by atoms with Crippen LogP contribution in [0.25, 0.3) is 0 Å². The summed E-state index contributed by atoms with van der Waals surface area (Å²) in [4.78, 5) is 12.0. The van der Waals surface area contributed by atoms with E-state index in [1.54, 1.807) is 24.3 Å². The van der Waals surface area contributed by atoms with Crippen LogP contribution in [0.5, 0.6) is 0 Å². The number of hydrogen-bond acceptors (Lipinski definition) is 3. The van der Waals surface area contributed by atoms with Crippen LogP contribution in [0.1, 0.15) is 10.4 Å². The van der Waals surface area contributed by atoms with Crippen LogP contribution >= 0.6 is 34.5 Å². The van der Waals surface area contributed by atoms with Gasteiger partial charge in [0, 0.05) is 10.6 Å². The maximum atomic E-state index is 12.0. The first-order valence-corrected chi connectivity index (χ1v) is 7.93. The largest absolute Gasteiger partial charge is 0.293 e. The van der Waals surface area contributed by atoms with Gasteiger partial charge >= 0.3 is 0 Å². The first-order chi connectivity index (χ1) is 8.58. The van der Waals surface area contributed by atoms with E-state index in [2.05, 4.69) is 0 Å². The number of rotatable bonds is 4. The zero-order valence-corrected chi connectivity index (χ0v) is 12.2. The molecule has 1 heterocycles. The van der Waals surface area contributed by atoms with Crippen LogP contribution in [0.2, 0.25) is 10.0 Å². The van der Waals surface area contributed by atoms with Crippen molar-refractivity contribution in [2.24, 2.45) is 0 Å². The quantitative estimate of drug-likeness (QED) is 0.797. The lowest BCUT2D eigenvalue weighted by atomic mass is 10.1. The molecule has 18 heavy (non-hydrogen) atoms. The van der Waals surface area contributed by atoms with Gasteiger partial charge in [-0.15, -0.1) is 11.3 Å². The van der Waals surface area contributed by atoms with Crippen LogP contribution in [0.4, 0.5) is 0 Å². The van der Waals surface area contributed by atoms with Crippen LogP contribution in [-0.4, -0.2) is 15.7 Å². The summed E-state index contributed by atoms with van der Waals surface area (Å²) < 4.78 is 12.6. The van der Waals surface area contributed by atoms with Gasteiger partial charge in [0.05, 0.1) is 25.8 Å². The Balaban J connectivity index is 2.17. The first-order valence-electron chi connectivity index (χ1n) is 4.98. The normalized spacial score (nSPS) is 12.3. The van der Waals surface area contributed by atoms with E-state index in [4.69, 9.17) is 23.2 Å². The predicted octanol–water partition coefficient (Wildman–Crippen LogP) is 4.05. The topological polar surface area (TPSA) is 34.1 Å². The second-order valence-corrected chi connectivity index (χ2v) is 6.94. The van der Waals surface area contributed by atoms with Gasteiger partial charge in [-0.2, -0.15) is 0 Å². The molecule has 94 valence electrons. The number of ketones is 1. The highest BCUT2D eigenvalue weighted by atomic mass is 35.5. The monoisotopic (exact) mass is 318 g/mol. The minimum absolute atomic E-state index is 0.0828. The second-order valence-electron chi connectivity index (χ2n) is 3.47. The maximum absolute atomic E-state index is 12.0. The third kappa shape index (κ3) is 3.20. The minimum atomic E-state index is -1.33. The van der Waals surface area contributed by atoms with Crippen molar-refractivity contribution in [3.8, 4) is 0 Å². The van der Waals surface area contributed by atoms with Crippen LogP contribution in [0, 0.1) is 0 Å². The van der Waals surface area contributed by atoms with E-state index < -0.39 is 10.8 Å². The molecule has 0 saturated carbocycles. The molecule has 1 unspecified atom stereocenters. The van der Waals surface area contributed by atoms with Crippen molar-refractivity contribution in [1.29, 1.82) is 0 Å². The van der Waals surface area contributed by atoms with E-state index in [0.29, 0.717) is 19.8 Å². The molecule has 0 spiro atoms. The molecule has 0 aliphatic heterocycles. The molecule has 1 aromatic carbocycles. The lowest BCUT2D eigenvalue weighted by Crippen LogP contribution is -2.11. The Morgan fingerprint density at radius 1 is 1.28 bits per heavy atom.